The van der Waals surface area contributed by atoms with Crippen LogP contribution in [-0.2, 0) is 13.0 Å². The Morgan fingerprint density at radius 1 is 1.21 bits per heavy atom. The molecule has 0 saturated carbocycles. The molecule has 0 bridgehead atoms. The van der Waals surface area contributed by atoms with Gasteiger partial charge in [-0.25, -0.2) is 0 Å². The molecule has 1 N–H and O–H groups in total. The lowest BCUT2D eigenvalue weighted by Crippen LogP contribution is -2.01. The molecule has 0 unspecified atom stereocenters. The summed E-state index contributed by atoms with van der Waals surface area (Å²) in [6, 6.07) is 9.80. The third kappa shape index (κ3) is 2.55. The summed E-state index contributed by atoms with van der Waals surface area (Å²) in [5.41, 5.74) is 3.31. The van der Waals surface area contributed by atoms with Crippen LogP contribution in [0.2, 0.25) is 5.02 Å². The minimum Gasteiger partial charge on any atom is -0.331 e. The number of aryl methyl sites for hydroxylation is 2. The first-order chi connectivity index (χ1) is 9.24. The zero-order valence-corrected chi connectivity index (χ0v) is 11.7. The zero-order valence-electron chi connectivity index (χ0n) is 10.1. The molecule has 0 amide bonds. The zero-order chi connectivity index (χ0) is 13.2. The molecule has 19 heavy (non-hydrogen) atoms. The van der Waals surface area contributed by atoms with E-state index in [0.717, 1.165) is 33.8 Å². The summed E-state index contributed by atoms with van der Waals surface area (Å²) < 4.78 is 2.81. The van der Waals surface area contributed by atoms with Gasteiger partial charge in [0.25, 0.3) is 0 Å². The fourth-order valence-corrected chi connectivity index (χ4v) is 2.60. The number of hydrogen-bond donors (Lipinski definition) is 1. The Labute approximate surface area is 120 Å². The van der Waals surface area contributed by atoms with E-state index in [2.05, 4.69) is 14.5 Å². The summed E-state index contributed by atoms with van der Waals surface area (Å²) in [7, 11) is 0. The topological polar surface area (TPSA) is 33.6 Å². The van der Waals surface area contributed by atoms with Gasteiger partial charge in [0.2, 0.25) is 0 Å². The van der Waals surface area contributed by atoms with Crippen LogP contribution in [0.3, 0.4) is 0 Å². The minimum atomic E-state index is 0.721. The Hall–Kier alpha value is -1.65. The number of aromatic nitrogens is 3. The summed E-state index contributed by atoms with van der Waals surface area (Å²) >= 11 is 11.4. The summed E-state index contributed by atoms with van der Waals surface area (Å²) in [4.78, 5) is 7.22. The van der Waals surface area contributed by atoms with Gasteiger partial charge in [0.1, 0.15) is 0 Å². The first-order valence-corrected chi connectivity index (χ1v) is 6.79. The Bertz CT molecular complexity index is 761. The van der Waals surface area contributed by atoms with E-state index in [1.165, 1.54) is 5.56 Å². The van der Waals surface area contributed by atoms with Crippen molar-refractivity contribution in [3.8, 4) is 0 Å². The Kier molecular flexibility index (Phi) is 3.36. The second-order valence-corrected chi connectivity index (χ2v) is 5.17. The van der Waals surface area contributed by atoms with E-state index < -0.39 is 0 Å². The highest BCUT2D eigenvalue weighted by Crippen LogP contribution is 2.19. The first-order valence-electron chi connectivity index (χ1n) is 6.01. The molecule has 3 rings (SSSR count). The van der Waals surface area contributed by atoms with Gasteiger partial charge >= 0.3 is 0 Å². The van der Waals surface area contributed by atoms with E-state index in [1.54, 1.807) is 12.4 Å². The molecule has 2 heterocycles. The Morgan fingerprint density at radius 3 is 2.79 bits per heavy atom. The second kappa shape index (κ2) is 5.15. The van der Waals surface area contributed by atoms with Crippen molar-refractivity contribution in [2.45, 2.75) is 13.0 Å². The predicted octanol–water partition coefficient (Wildman–Crippen LogP) is 3.99. The highest BCUT2D eigenvalue weighted by Gasteiger charge is 2.05. The molecule has 2 aromatic heterocycles. The maximum atomic E-state index is 6.05. The van der Waals surface area contributed by atoms with Crippen LogP contribution in [0.1, 0.15) is 5.56 Å². The molecule has 0 aliphatic carbocycles. The number of nitrogens with one attached hydrogen (secondary N) is 1. The molecule has 0 atom stereocenters. The number of fused-ring (bicyclic) bond motifs is 1. The molecule has 0 radical (unpaired) electrons. The number of H-pyrrole nitrogens is 1. The number of hydrogen-bond acceptors (Lipinski definition) is 2. The molecule has 0 aliphatic rings. The maximum Gasteiger partial charge on any atom is 0.178 e. The van der Waals surface area contributed by atoms with Gasteiger partial charge in [-0.05, 0) is 54.5 Å². The summed E-state index contributed by atoms with van der Waals surface area (Å²) in [5.74, 6) is 0. The fraction of sp³-hybridized carbons (Fsp3) is 0.143. The quantitative estimate of drug-likeness (QED) is 0.740. The van der Waals surface area contributed by atoms with Crippen LogP contribution >= 0.6 is 23.8 Å². The molecule has 3 aromatic rings. The number of aromatic amines is 1. The average molecular weight is 290 g/mol. The van der Waals surface area contributed by atoms with Crippen molar-refractivity contribution in [3.63, 3.8) is 0 Å². The van der Waals surface area contributed by atoms with Crippen LogP contribution in [0.5, 0.6) is 0 Å². The molecule has 0 fully saturated rings. The summed E-state index contributed by atoms with van der Waals surface area (Å²) in [5, 5.41) is 0.721. The van der Waals surface area contributed by atoms with Gasteiger partial charge < -0.3 is 9.55 Å². The summed E-state index contributed by atoms with van der Waals surface area (Å²) in [6.07, 6.45) is 4.53. The lowest BCUT2D eigenvalue weighted by atomic mass is 10.2. The monoisotopic (exact) mass is 289 g/mol. The second-order valence-electron chi connectivity index (χ2n) is 4.35. The number of imidazole rings is 1. The largest absolute Gasteiger partial charge is 0.331 e. The van der Waals surface area contributed by atoms with Crippen molar-refractivity contribution in [2.24, 2.45) is 0 Å². The molecule has 0 aliphatic heterocycles. The van der Waals surface area contributed by atoms with Gasteiger partial charge in [0, 0.05) is 24.0 Å². The maximum absolute atomic E-state index is 6.05. The summed E-state index contributed by atoms with van der Waals surface area (Å²) in [6.45, 7) is 0.823. The normalized spacial score (nSPS) is 11.0. The number of benzene rings is 1. The van der Waals surface area contributed by atoms with Gasteiger partial charge in [0.15, 0.2) is 4.77 Å². The smallest absolute Gasteiger partial charge is 0.178 e. The van der Waals surface area contributed by atoms with Gasteiger partial charge in [-0.2, -0.15) is 0 Å². The minimum absolute atomic E-state index is 0.721. The van der Waals surface area contributed by atoms with Crippen LogP contribution in [0, 0.1) is 4.77 Å². The Morgan fingerprint density at radius 2 is 2.00 bits per heavy atom. The van der Waals surface area contributed by atoms with E-state index in [0.29, 0.717) is 0 Å². The highest BCUT2D eigenvalue weighted by atomic mass is 35.5. The van der Waals surface area contributed by atoms with Crippen molar-refractivity contribution in [1.29, 1.82) is 0 Å². The van der Waals surface area contributed by atoms with Crippen molar-refractivity contribution >= 4 is 34.9 Å². The van der Waals surface area contributed by atoms with Crippen molar-refractivity contribution in [2.75, 3.05) is 0 Å². The highest BCUT2D eigenvalue weighted by molar-refractivity contribution is 7.71. The molecule has 0 saturated heterocycles. The fourth-order valence-electron chi connectivity index (χ4n) is 2.14. The number of pyridine rings is 1. The molecule has 3 nitrogen and oxygen atoms in total. The molecule has 1 aromatic carbocycles. The van der Waals surface area contributed by atoms with E-state index >= 15 is 0 Å². The first kappa shape index (κ1) is 12.4. The standard InChI is InChI=1S/C14H12ClN3S/c15-11-1-2-12-13(9-11)18(14(19)17-12)8-5-10-3-6-16-7-4-10/h1-4,6-7,9H,5,8H2,(H,17,19). The average Bonchev–Trinajstić information content (AvgIpc) is 2.73. The number of nitrogens with zero attached hydrogens (tertiary/aromatic N) is 2. The van der Waals surface area contributed by atoms with Gasteiger partial charge in [-0.15, -0.1) is 0 Å². The third-order valence-corrected chi connectivity index (χ3v) is 3.67. The van der Waals surface area contributed by atoms with Crippen LogP contribution in [-0.4, -0.2) is 14.5 Å². The Balaban J connectivity index is 1.94. The predicted molar refractivity (Wildman–Crippen MR) is 80.1 cm³/mol. The number of rotatable bonds is 3. The lowest BCUT2D eigenvalue weighted by Gasteiger charge is -2.05. The number of halogens is 1. The van der Waals surface area contributed by atoms with Crippen LogP contribution in [0.15, 0.2) is 42.7 Å². The molecule has 96 valence electrons. The van der Waals surface area contributed by atoms with E-state index in [-0.39, 0.29) is 0 Å². The van der Waals surface area contributed by atoms with E-state index in [1.807, 2.05) is 30.3 Å². The van der Waals surface area contributed by atoms with Gasteiger partial charge in [-0.3, -0.25) is 4.98 Å². The van der Waals surface area contributed by atoms with Crippen molar-refractivity contribution in [1.82, 2.24) is 14.5 Å². The lowest BCUT2D eigenvalue weighted by molar-refractivity contribution is 0.706. The van der Waals surface area contributed by atoms with Crippen molar-refractivity contribution in [3.05, 3.63) is 58.1 Å². The molecule has 5 heteroatoms. The van der Waals surface area contributed by atoms with E-state index in [4.69, 9.17) is 23.8 Å². The van der Waals surface area contributed by atoms with Crippen LogP contribution in [0.4, 0.5) is 0 Å². The van der Waals surface area contributed by atoms with E-state index in [9.17, 15) is 0 Å². The molecule has 0 spiro atoms. The molecular formula is C14H12ClN3S. The molecular weight excluding hydrogens is 278 g/mol. The van der Waals surface area contributed by atoms with Crippen molar-refractivity contribution < 1.29 is 0 Å². The van der Waals surface area contributed by atoms with Crippen LogP contribution in [0.25, 0.3) is 11.0 Å². The van der Waals surface area contributed by atoms with Gasteiger partial charge in [0.05, 0.1) is 11.0 Å². The van der Waals surface area contributed by atoms with Crippen LogP contribution < -0.4 is 0 Å². The third-order valence-electron chi connectivity index (χ3n) is 3.11. The SMILES string of the molecule is S=c1[nH]c2ccc(Cl)cc2n1CCc1ccncc1. The van der Waals surface area contributed by atoms with Gasteiger partial charge in [-0.1, -0.05) is 11.6 Å².